The molecule has 0 unspecified atom stereocenters. The second kappa shape index (κ2) is 11.2. The average molecular weight is 553 g/mol. The Balaban J connectivity index is 1.37. The van der Waals surface area contributed by atoms with Crippen molar-refractivity contribution in [2.24, 2.45) is 0 Å². The third-order valence-corrected chi connectivity index (χ3v) is 6.38. The summed E-state index contributed by atoms with van der Waals surface area (Å²) in [6.45, 7) is 8.26. The largest absolute Gasteiger partial charge is 0.493 e. The van der Waals surface area contributed by atoms with Crippen LogP contribution in [0.4, 0.5) is 16.3 Å². The van der Waals surface area contributed by atoms with Crippen molar-refractivity contribution < 1.29 is 19.0 Å². The normalized spacial score (nSPS) is 11.3. The van der Waals surface area contributed by atoms with E-state index in [1.165, 1.54) is 6.33 Å². The smallest absolute Gasteiger partial charge is 0.324 e. The van der Waals surface area contributed by atoms with E-state index in [-0.39, 0.29) is 5.41 Å². The van der Waals surface area contributed by atoms with Gasteiger partial charge in [-0.2, -0.15) is 5.10 Å². The maximum absolute atomic E-state index is 13.1. The summed E-state index contributed by atoms with van der Waals surface area (Å²) in [5, 5.41) is 11.3. The molecule has 10 nitrogen and oxygen atoms in total. The Morgan fingerprint density at radius 2 is 1.63 bits per heavy atom. The van der Waals surface area contributed by atoms with Gasteiger partial charge in [-0.3, -0.25) is 5.32 Å². The van der Waals surface area contributed by atoms with Crippen molar-refractivity contribution in [1.82, 2.24) is 19.7 Å². The standard InChI is InChI=1S/C31H32N6O4/c1-19-9-7-11-21(13-19)37-28(17-27(36-37)31(2,3)4)35-30(38)34-20-10-8-12-22(14-20)41-29-23-15-25(39-5)26(40-6)16-24(23)32-18-33-29/h7-18H,1-6H3,(H2,34,35,38). The van der Waals surface area contributed by atoms with Gasteiger partial charge in [0.05, 0.1) is 36.5 Å². The van der Waals surface area contributed by atoms with Crippen molar-refractivity contribution in [3.63, 3.8) is 0 Å². The Hall–Kier alpha value is -5.12. The predicted octanol–water partition coefficient (Wildman–Crippen LogP) is 6.87. The lowest BCUT2D eigenvalue weighted by atomic mass is 9.92. The first-order valence-corrected chi connectivity index (χ1v) is 13.0. The molecule has 0 spiro atoms. The number of ether oxygens (including phenoxy) is 3. The van der Waals surface area contributed by atoms with Crippen LogP contribution in [0.2, 0.25) is 0 Å². The maximum Gasteiger partial charge on any atom is 0.324 e. The first kappa shape index (κ1) is 27.4. The molecule has 0 radical (unpaired) electrons. The Morgan fingerprint density at radius 3 is 2.37 bits per heavy atom. The molecule has 0 atom stereocenters. The topological polar surface area (TPSA) is 112 Å². The minimum atomic E-state index is -0.416. The average Bonchev–Trinajstić information content (AvgIpc) is 3.37. The molecular formula is C31H32N6O4. The molecule has 0 saturated carbocycles. The van der Waals surface area contributed by atoms with Crippen LogP contribution < -0.4 is 24.8 Å². The molecule has 10 heteroatoms. The monoisotopic (exact) mass is 552 g/mol. The van der Waals surface area contributed by atoms with Gasteiger partial charge < -0.3 is 19.5 Å². The number of carbonyl (C=O) groups is 1. The summed E-state index contributed by atoms with van der Waals surface area (Å²) >= 11 is 0. The first-order valence-electron chi connectivity index (χ1n) is 13.0. The first-order chi connectivity index (χ1) is 19.6. The van der Waals surface area contributed by atoms with Crippen LogP contribution in [0.15, 0.2) is 73.1 Å². The van der Waals surface area contributed by atoms with Crippen LogP contribution in [-0.4, -0.2) is 40.0 Å². The summed E-state index contributed by atoms with van der Waals surface area (Å²) in [6, 6.07) is 20.0. The minimum absolute atomic E-state index is 0.200. The molecule has 5 rings (SSSR count). The fourth-order valence-corrected chi connectivity index (χ4v) is 4.26. The molecule has 2 heterocycles. The predicted molar refractivity (Wildman–Crippen MR) is 159 cm³/mol. The lowest BCUT2D eigenvalue weighted by Crippen LogP contribution is -2.21. The van der Waals surface area contributed by atoms with Crippen LogP contribution in [0, 0.1) is 6.92 Å². The molecule has 2 N–H and O–H groups in total. The number of carbonyl (C=O) groups excluding carboxylic acids is 1. The number of anilines is 2. The number of hydrogen-bond acceptors (Lipinski definition) is 7. The highest BCUT2D eigenvalue weighted by molar-refractivity contribution is 5.99. The van der Waals surface area contributed by atoms with Gasteiger partial charge in [-0.1, -0.05) is 39.0 Å². The minimum Gasteiger partial charge on any atom is -0.493 e. The van der Waals surface area contributed by atoms with Crippen molar-refractivity contribution in [3.8, 4) is 28.8 Å². The highest BCUT2D eigenvalue weighted by Gasteiger charge is 2.22. The number of aryl methyl sites for hydroxylation is 1. The molecule has 0 aliphatic heterocycles. The van der Waals surface area contributed by atoms with E-state index >= 15 is 0 Å². The van der Waals surface area contributed by atoms with Gasteiger partial charge in [0.15, 0.2) is 11.5 Å². The van der Waals surface area contributed by atoms with E-state index in [1.54, 1.807) is 55.3 Å². The van der Waals surface area contributed by atoms with Gasteiger partial charge in [-0.05, 0) is 42.8 Å². The number of rotatable bonds is 7. The van der Waals surface area contributed by atoms with E-state index in [1.807, 2.05) is 37.3 Å². The van der Waals surface area contributed by atoms with Crippen LogP contribution in [-0.2, 0) is 5.41 Å². The van der Waals surface area contributed by atoms with Crippen molar-refractivity contribution in [3.05, 3.63) is 84.3 Å². The van der Waals surface area contributed by atoms with Gasteiger partial charge in [0, 0.05) is 29.3 Å². The molecular weight excluding hydrogens is 520 g/mol. The van der Waals surface area contributed by atoms with Gasteiger partial charge in [-0.25, -0.2) is 19.4 Å². The summed E-state index contributed by atoms with van der Waals surface area (Å²) in [5.41, 5.74) is 3.79. The molecule has 2 aromatic heterocycles. The number of amides is 2. The number of aromatic nitrogens is 4. The van der Waals surface area contributed by atoms with E-state index in [2.05, 4.69) is 41.4 Å². The molecule has 0 fully saturated rings. The number of urea groups is 1. The SMILES string of the molecule is COc1cc2ncnc(Oc3cccc(NC(=O)Nc4cc(C(C)(C)C)nn4-c4cccc(C)c4)c3)c2cc1OC. The molecule has 5 aromatic rings. The van der Waals surface area contributed by atoms with Crippen LogP contribution in [0.1, 0.15) is 32.0 Å². The number of benzene rings is 3. The van der Waals surface area contributed by atoms with Crippen molar-refractivity contribution in [1.29, 1.82) is 0 Å². The van der Waals surface area contributed by atoms with Crippen LogP contribution in [0.3, 0.4) is 0 Å². The molecule has 210 valence electrons. The highest BCUT2D eigenvalue weighted by Crippen LogP contribution is 2.36. The van der Waals surface area contributed by atoms with Gasteiger partial charge in [-0.15, -0.1) is 0 Å². The zero-order valence-corrected chi connectivity index (χ0v) is 23.9. The molecule has 0 bridgehead atoms. The Bertz CT molecular complexity index is 1720. The number of nitrogens with one attached hydrogen (secondary N) is 2. The number of hydrogen-bond donors (Lipinski definition) is 2. The third-order valence-electron chi connectivity index (χ3n) is 6.38. The fraction of sp³-hybridized carbons (Fsp3) is 0.226. The zero-order valence-electron chi connectivity index (χ0n) is 23.9. The van der Waals surface area contributed by atoms with Crippen LogP contribution in [0.25, 0.3) is 16.6 Å². The zero-order chi connectivity index (χ0) is 29.1. The molecule has 2 amide bonds. The van der Waals surface area contributed by atoms with Gasteiger partial charge >= 0.3 is 6.03 Å². The summed E-state index contributed by atoms with van der Waals surface area (Å²) in [4.78, 5) is 21.7. The molecule has 41 heavy (non-hydrogen) atoms. The van der Waals surface area contributed by atoms with E-state index in [9.17, 15) is 4.79 Å². The summed E-state index contributed by atoms with van der Waals surface area (Å²) in [7, 11) is 3.13. The lowest BCUT2D eigenvalue weighted by Gasteiger charge is -2.14. The fourth-order valence-electron chi connectivity index (χ4n) is 4.26. The quantitative estimate of drug-likeness (QED) is 0.226. The molecule has 3 aromatic carbocycles. The van der Waals surface area contributed by atoms with E-state index in [0.29, 0.717) is 45.5 Å². The second-order valence-electron chi connectivity index (χ2n) is 10.5. The summed E-state index contributed by atoms with van der Waals surface area (Å²) in [6.07, 6.45) is 1.42. The molecule has 0 aliphatic carbocycles. The van der Waals surface area contributed by atoms with E-state index in [4.69, 9.17) is 19.3 Å². The van der Waals surface area contributed by atoms with Crippen LogP contribution >= 0.6 is 0 Å². The van der Waals surface area contributed by atoms with Crippen molar-refractivity contribution in [2.75, 3.05) is 24.9 Å². The van der Waals surface area contributed by atoms with Gasteiger partial charge in [0.2, 0.25) is 5.88 Å². The van der Waals surface area contributed by atoms with Crippen molar-refractivity contribution >= 4 is 28.4 Å². The Labute approximate surface area is 238 Å². The van der Waals surface area contributed by atoms with Crippen molar-refractivity contribution in [2.45, 2.75) is 33.1 Å². The van der Waals surface area contributed by atoms with E-state index < -0.39 is 6.03 Å². The van der Waals surface area contributed by atoms with Gasteiger partial charge in [0.25, 0.3) is 0 Å². The number of methoxy groups -OCH3 is 2. The highest BCUT2D eigenvalue weighted by atomic mass is 16.5. The summed E-state index contributed by atoms with van der Waals surface area (Å²) in [5.74, 6) is 2.47. The lowest BCUT2D eigenvalue weighted by molar-refractivity contribution is 0.262. The second-order valence-corrected chi connectivity index (χ2v) is 10.5. The maximum atomic E-state index is 13.1. The van der Waals surface area contributed by atoms with E-state index in [0.717, 1.165) is 16.9 Å². The third kappa shape index (κ3) is 6.06. The number of nitrogens with zero attached hydrogens (tertiary/aromatic N) is 4. The van der Waals surface area contributed by atoms with Crippen LogP contribution in [0.5, 0.6) is 23.1 Å². The van der Waals surface area contributed by atoms with Gasteiger partial charge in [0.1, 0.15) is 17.9 Å². The summed E-state index contributed by atoms with van der Waals surface area (Å²) < 4.78 is 18.6. The molecule has 0 saturated heterocycles. The Kier molecular flexibility index (Phi) is 7.47. The number of fused-ring (bicyclic) bond motifs is 1. The molecule has 0 aliphatic rings. The Morgan fingerprint density at radius 1 is 0.878 bits per heavy atom.